The Morgan fingerprint density at radius 2 is 2.00 bits per heavy atom. The number of thioether (sulfide) groups is 1. The number of nitrogens with zero attached hydrogens (tertiary/aromatic N) is 3. The molecule has 4 rings (SSSR count). The average Bonchev–Trinajstić information content (AvgIpc) is 3.50. The molecule has 33 heavy (non-hydrogen) atoms. The highest BCUT2D eigenvalue weighted by Crippen LogP contribution is 2.25. The molecule has 10 nitrogen and oxygen atoms in total. The largest absolute Gasteiger partial charge is 0.497 e. The minimum Gasteiger partial charge on any atom is -0.497 e. The number of ether oxygens (including phenoxy) is 1. The molecule has 1 amide bonds. The Kier molecular flexibility index (Phi) is 6.94. The lowest BCUT2D eigenvalue weighted by molar-refractivity contribution is -0.113. The zero-order valence-corrected chi connectivity index (χ0v) is 19.3. The van der Waals surface area contributed by atoms with Gasteiger partial charge in [-0.2, -0.15) is 0 Å². The van der Waals surface area contributed by atoms with Gasteiger partial charge in [0.15, 0.2) is 0 Å². The van der Waals surface area contributed by atoms with E-state index in [9.17, 15) is 13.2 Å². The summed E-state index contributed by atoms with van der Waals surface area (Å²) in [5, 5.41) is 10.9. The summed E-state index contributed by atoms with van der Waals surface area (Å²) in [4.78, 5) is 16.5. The minimum absolute atomic E-state index is 0.0102. The Balaban J connectivity index is 1.34. The summed E-state index contributed by atoms with van der Waals surface area (Å²) in [7, 11) is -2.18. The fraction of sp³-hybridized carbons (Fsp3) is 0.238. The van der Waals surface area contributed by atoms with E-state index in [0.717, 1.165) is 23.7 Å². The van der Waals surface area contributed by atoms with E-state index in [1.807, 2.05) is 0 Å². The molecule has 1 aromatic heterocycles. The number of hydrogen-bond acceptors (Lipinski definition) is 9. The van der Waals surface area contributed by atoms with Gasteiger partial charge in [0.2, 0.25) is 11.8 Å². The smallest absolute Gasteiger partial charge is 0.277 e. The van der Waals surface area contributed by atoms with Gasteiger partial charge in [0.25, 0.3) is 15.2 Å². The molecule has 0 spiro atoms. The van der Waals surface area contributed by atoms with E-state index in [2.05, 4.69) is 25.2 Å². The van der Waals surface area contributed by atoms with Gasteiger partial charge in [-0.25, -0.2) is 8.42 Å². The maximum absolute atomic E-state index is 12.5. The number of nitrogens with one attached hydrogen (secondary N) is 2. The third-order valence-corrected chi connectivity index (χ3v) is 6.82. The number of aliphatic imine (C=N–C) groups is 1. The van der Waals surface area contributed by atoms with Crippen LogP contribution < -0.4 is 14.8 Å². The predicted octanol–water partition coefficient (Wildman–Crippen LogP) is 2.95. The van der Waals surface area contributed by atoms with Crippen LogP contribution in [0.25, 0.3) is 11.5 Å². The standard InChI is InChI=1S/C21H21N5O5S2/c1-30-16-9-7-14(8-10-16)20-24-25-21(31-20)32-13-19(27)23-15-4-2-5-17(12-15)33(28,29)26-18-6-3-11-22-18/h2,4-5,7-10,12H,3,6,11,13H2,1H3,(H,22,26)(H,23,27). The van der Waals surface area contributed by atoms with E-state index in [4.69, 9.17) is 9.15 Å². The molecule has 2 heterocycles. The Morgan fingerprint density at radius 3 is 2.73 bits per heavy atom. The molecule has 0 radical (unpaired) electrons. The molecule has 0 saturated heterocycles. The van der Waals surface area contributed by atoms with E-state index < -0.39 is 10.0 Å². The van der Waals surface area contributed by atoms with Crippen molar-refractivity contribution >= 4 is 39.2 Å². The van der Waals surface area contributed by atoms with Crippen LogP contribution in [0.4, 0.5) is 5.69 Å². The number of benzene rings is 2. The van der Waals surface area contributed by atoms with Gasteiger partial charge in [-0.3, -0.25) is 14.5 Å². The summed E-state index contributed by atoms with van der Waals surface area (Å²) in [6.45, 7) is 0.618. The topological polar surface area (TPSA) is 136 Å². The van der Waals surface area contributed by atoms with E-state index in [1.54, 1.807) is 43.5 Å². The highest BCUT2D eigenvalue weighted by atomic mass is 32.2. The molecule has 2 aromatic carbocycles. The first kappa shape index (κ1) is 22.8. The average molecular weight is 488 g/mol. The van der Waals surface area contributed by atoms with Crippen molar-refractivity contribution < 1.29 is 22.4 Å². The fourth-order valence-electron chi connectivity index (χ4n) is 3.02. The third kappa shape index (κ3) is 5.90. The highest BCUT2D eigenvalue weighted by Gasteiger charge is 2.19. The van der Waals surface area contributed by atoms with Crippen molar-refractivity contribution in [2.75, 3.05) is 24.7 Å². The Bertz CT molecular complexity index is 1270. The number of anilines is 1. The molecule has 0 fully saturated rings. The van der Waals surface area contributed by atoms with Crippen LogP contribution in [-0.4, -0.2) is 49.8 Å². The predicted molar refractivity (Wildman–Crippen MR) is 124 cm³/mol. The monoisotopic (exact) mass is 487 g/mol. The van der Waals surface area contributed by atoms with Gasteiger partial charge in [0.05, 0.1) is 17.8 Å². The molecule has 172 valence electrons. The number of sulfonamides is 1. The Morgan fingerprint density at radius 1 is 1.18 bits per heavy atom. The number of rotatable bonds is 8. The van der Waals surface area contributed by atoms with Crippen molar-refractivity contribution in [1.29, 1.82) is 0 Å². The van der Waals surface area contributed by atoms with Crippen molar-refractivity contribution in [2.45, 2.75) is 23.0 Å². The van der Waals surface area contributed by atoms with Crippen LogP contribution in [0, 0.1) is 0 Å². The molecule has 0 aliphatic carbocycles. The highest BCUT2D eigenvalue weighted by molar-refractivity contribution is 7.99. The number of hydrogen-bond donors (Lipinski definition) is 2. The maximum atomic E-state index is 12.5. The molecule has 3 aromatic rings. The van der Waals surface area contributed by atoms with Gasteiger partial charge in [-0.1, -0.05) is 17.8 Å². The van der Waals surface area contributed by atoms with Crippen LogP contribution in [0.5, 0.6) is 5.75 Å². The van der Waals surface area contributed by atoms with E-state index in [0.29, 0.717) is 36.1 Å². The molecule has 1 aliphatic heterocycles. The normalized spacial score (nSPS) is 13.4. The summed E-state index contributed by atoms with van der Waals surface area (Å²) in [5.74, 6) is 1.17. The van der Waals surface area contributed by atoms with Crippen LogP contribution in [-0.2, 0) is 14.8 Å². The summed E-state index contributed by atoms with van der Waals surface area (Å²) in [5.41, 5.74) is 1.09. The van der Waals surface area contributed by atoms with Crippen LogP contribution in [0.3, 0.4) is 0 Å². The quantitative estimate of drug-likeness (QED) is 0.463. The zero-order valence-electron chi connectivity index (χ0n) is 17.6. The van der Waals surface area contributed by atoms with E-state index >= 15 is 0 Å². The lowest BCUT2D eigenvalue weighted by Crippen LogP contribution is -2.29. The lowest BCUT2D eigenvalue weighted by atomic mass is 10.2. The summed E-state index contributed by atoms with van der Waals surface area (Å²) in [6.07, 6.45) is 1.43. The third-order valence-electron chi connectivity index (χ3n) is 4.62. The van der Waals surface area contributed by atoms with Crippen LogP contribution in [0.1, 0.15) is 12.8 Å². The van der Waals surface area contributed by atoms with Gasteiger partial charge in [0.1, 0.15) is 11.6 Å². The number of amidine groups is 1. The second kappa shape index (κ2) is 10.0. The second-order valence-corrected chi connectivity index (χ2v) is 9.61. The van der Waals surface area contributed by atoms with Crippen molar-refractivity contribution in [3.05, 3.63) is 48.5 Å². The summed E-state index contributed by atoms with van der Waals surface area (Å²) >= 11 is 1.08. The van der Waals surface area contributed by atoms with Gasteiger partial charge in [-0.15, -0.1) is 10.2 Å². The van der Waals surface area contributed by atoms with Gasteiger partial charge < -0.3 is 14.5 Å². The first-order valence-electron chi connectivity index (χ1n) is 10.00. The molecular formula is C21H21N5O5S2. The van der Waals surface area contributed by atoms with Gasteiger partial charge >= 0.3 is 0 Å². The molecule has 2 N–H and O–H groups in total. The molecular weight excluding hydrogens is 466 g/mol. The van der Waals surface area contributed by atoms with Gasteiger partial charge in [0, 0.05) is 24.2 Å². The molecule has 12 heteroatoms. The second-order valence-electron chi connectivity index (χ2n) is 7.00. The van der Waals surface area contributed by atoms with E-state index in [-0.39, 0.29) is 21.8 Å². The lowest BCUT2D eigenvalue weighted by Gasteiger charge is -2.10. The molecule has 1 aliphatic rings. The number of carbonyl (C=O) groups excluding carboxylic acids is 1. The van der Waals surface area contributed by atoms with E-state index in [1.165, 1.54) is 12.1 Å². The fourth-order valence-corrected chi connectivity index (χ4v) is 4.72. The Hall–Kier alpha value is -3.38. The van der Waals surface area contributed by atoms with Crippen molar-refractivity contribution in [1.82, 2.24) is 14.9 Å². The van der Waals surface area contributed by atoms with Crippen molar-refractivity contribution in [2.24, 2.45) is 4.99 Å². The van der Waals surface area contributed by atoms with Gasteiger partial charge in [-0.05, 0) is 48.9 Å². The first-order valence-corrected chi connectivity index (χ1v) is 12.5. The van der Waals surface area contributed by atoms with Crippen LogP contribution >= 0.6 is 11.8 Å². The van der Waals surface area contributed by atoms with Crippen LogP contribution in [0.2, 0.25) is 0 Å². The molecule has 0 unspecified atom stereocenters. The number of amides is 1. The molecule has 0 saturated carbocycles. The number of aromatic nitrogens is 2. The van der Waals surface area contributed by atoms with Crippen LogP contribution in [0.15, 0.2) is 68.1 Å². The summed E-state index contributed by atoms with van der Waals surface area (Å²) < 4.78 is 38.3. The number of methoxy groups -OCH3 is 1. The SMILES string of the molecule is COc1ccc(-c2nnc(SCC(=O)Nc3cccc(S(=O)(=O)NC4=NCCC4)c3)o2)cc1. The van der Waals surface area contributed by atoms with Crippen molar-refractivity contribution in [3.8, 4) is 17.2 Å². The zero-order chi connectivity index (χ0) is 23.3. The maximum Gasteiger partial charge on any atom is 0.277 e. The molecule has 0 atom stereocenters. The number of carbonyl (C=O) groups is 1. The minimum atomic E-state index is -3.76. The summed E-state index contributed by atoms with van der Waals surface area (Å²) in [6, 6.07) is 13.2. The van der Waals surface area contributed by atoms with Crippen molar-refractivity contribution in [3.63, 3.8) is 0 Å². The first-order chi connectivity index (χ1) is 15.9. The Labute approximate surface area is 194 Å². The molecule has 0 bridgehead atoms.